The van der Waals surface area contributed by atoms with Gasteiger partial charge in [0.1, 0.15) is 0 Å². The van der Waals surface area contributed by atoms with Gasteiger partial charge in [0.25, 0.3) is 5.91 Å². The predicted octanol–water partition coefficient (Wildman–Crippen LogP) is 3.12. The fourth-order valence-electron chi connectivity index (χ4n) is 2.62. The van der Waals surface area contributed by atoms with Crippen LogP contribution >= 0.6 is 11.6 Å². The van der Waals surface area contributed by atoms with Crippen LogP contribution in [0.15, 0.2) is 48.5 Å². The Labute approximate surface area is 161 Å². The Hall–Kier alpha value is -2.99. The maximum atomic E-state index is 11.8. The Morgan fingerprint density at radius 3 is 2.41 bits per heavy atom. The predicted molar refractivity (Wildman–Crippen MR) is 103 cm³/mol. The van der Waals surface area contributed by atoms with Crippen molar-refractivity contribution in [1.82, 2.24) is 5.32 Å². The molecule has 2 rings (SSSR count). The maximum Gasteiger partial charge on any atom is 0.305 e. The van der Waals surface area contributed by atoms with Gasteiger partial charge in [-0.15, -0.1) is 0 Å². The van der Waals surface area contributed by atoms with Gasteiger partial charge in [0.15, 0.2) is 0 Å². The third-order valence-corrected chi connectivity index (χ3v) is 4.13. The molecule has 3 N–H and O–H groups in total. The van der Waals surface area contributed by atoms with Crippen molar-refractivity contribution in [3.8, 4) is 11.1 Å². The lowest BCUT2D eigenvalue weighted by Crippen LogP contribution is -2.41. The largest absolute Gasteiger partial charge is 0.481 e. The van der Waals surface area contributed by atoms with Gasteiger partial charge in [0.05, 0.1) is 12.8 Å². The summed E-state index contributed by atoms with van der Waals surface area (Å²) < 4.78 is 0. The summed E-state index contributed by atoms with van der Waals surface area (Å²) in [4.78, 5) is 34.4. The number of amides is 1. The quantitative estimate of drug-likeness (QED) is 0.454. The highest BCUT2D eigenvalue weighted by Gasteiger charge is 2.20. The molecule has 0 radical (unpaired) electrons. The summed E-state index contributed by atoms with van der Waals surface area (Å²) in [5, 5.41) is 19.0. The Bertz CT molecular complexity index is 849. The van der Waals surface area contributed by atoms with E-state index in [2.05, 4.69) is 5.32 Å². The molecule has 0 spiro atoms. The number of halogens is 1. The van der Waals surface area contributed by atoms with E-state index in [0.717, 1.165) is 22.9 Å². The Balaban J connectivity index is 2.10. The van der Waals surface area contributed by atoms with Crippen LogP contribution in [0.3, 0.4) is 0 Å². The van der Waals surface area contributed by atoms with Gasteiger partial charge in [0.2, 0.25) is 5.78 Å². The molecule has 0 saturated heterocycles. The Kier molecular flexibility index (Phi) is 7.25. The number of nitrogens with one attached hydrogen (secondary N) is 2. The van der Waals surface area contributed by atoms with Crippen LogP contribution in [-0.4, -0.2) is 35.0 Å². The molecular formula is C20H19ClN2O4. The van der Waals surface area contributed by atoms with E-state index in [-0.39, 0.29) is 19.3 Å². The van der Waals surface area contributed by atoms with Crippen LogP contribution in [0.5, 0.6) is 0 Å². The summed E-state index contributed by atoms with van der Waals surface area (Å²) in [5.41, 5.74) is 2.75. The van der Waals surface area contributed by atoms with E-state index >= 15 is 0 Å². The molecule has 0 aliphatic heterocycles. The molecule has 0 aromatic heterocycles. The first-order valence-corrected chi connectivity index (χ1v) is 8.66. The standard InChI is InChI=1S/C20H19ClN2O4/c21-16-3-1-2-15(11-16)14-6-4-13(5-7-14)10-17(12-19(25)26)23-20(27)18(24)8-9-22/h1-7,9,11,17,22H,8,10,12H2,(H,23,27)(H,25,26)/t17-/m1/s1. The zero-order valence-corrected chi connectivity index (χ0v) is 15.2. The number of Topliss-reactive ketones (excluding diaryl/α,β-unsaturated/α-hetero) is 1. The number of benzene rings is 2. The second-order valence-corrected chi connectivity index (χ2v) is 6.45. The molecule has 1 amide bonds. The smallest absolute Gasteiger partial charge is 0.305 e. The van der Waals surface area contributed by atoms with Crippen molar-refractivity contribution in [3.63, 3.8) is 0 Å². The van der Waals surface area contributed by atoms with Gasteiger partial charge in [0, 0.05) is 17.3 Å². The molecule has 0 aliphatic carbocycles. The van der Waals surface area contributed by atoms with Crippen LogP contribution in [0.1, 0.15) is 18.4 Å². The van der Waals surface area contributed by atoms with Gasteiger partial charge >= 0.3 is 5.97 Å². The summed E-state index contributed by atoms with van der Waals surface area (Å²) in [6.07, 6.45) is 0.494. The van der Waals surface area contributed by atoms with E-state index < -0.39 is 23.7 Å². The van der Waals surface area contributed by atoms with Crippen molar-refractivity contribution in [2.24, 2.45) is 0 Å². The first-order chi connectivity index (χ1) is 12.9. The minimum absolute atomic E-state index is 0.270. The summed E-state index contributed by atoms with van der Waals surface area (Å²) in [6, 6.07) is 14.2. The molecule has 2 aromatic carbocycles. The number of ketones is 1. The molecule has 0 bridgehead atoms. The van der Waals surface area contributed by atoms with Crippen LogP contribution in [-0.2, 0) is 20.8 Å². The first-order valence-electron chi connectivity index (χ1n) is 8.28. The van der Waals surface area contributed by atoms with Crippen molar-refractivity contribution >= 4 is 35.5 Å². The van der Waals surface area contributed by atoms with Crippen molar-refractivity contribution < 1.29 is 19.5 Å². The average Bonchev–Trinajstić information content (AvgIpc) is 2.62. The molecule has 27 heavy (non-hydrogen) atoms. The molecule has 7 heteroatoms. The minimum Gasteiger partial charge on any atom is -0.481 e. The summed E-state index contributed by atoms with van der Waals surface area (Å²) in [5.74, 6) is -2.72. The Morgan fingerprint density at radius 1 is 1.11 bits per heavy atom. The van der Waals surface area contributed by atoms with Crippen LogP contribution in [0.4, 0.5) is 0 Å². The molecular weight excluding hydrogens is 368 g/mol. The van der Waals surface area contributed by atoms with E-state index in [1.807, 2.05) is 42.5 Å². The van der Waals surface area contributed by atoms with E-state index in [4.69, 9.17) is 22.1 Å². The normalized spacial score (nSPS) is 11.4. The van der Waals surface area contributed by atoms with Crippen molar-refractivity contribution in [3.05, 3.63) is 59.1 Å². The molecule has 6 nitrogen and oxygen atoms in total. The third-order valence-electron chi connectivity index (χ3n) is 3.89. The molecule has 0 aliphatic rings. The highest BCUT2D eigenvalue weighted by atomic mass is 35.5. The molecule has 0 unspecified atom stereocenters. The lowest BCUT2D eigenvalue weighted by Gasteiger charge is -2.17. The zero-order chi connectivity index (χ0) is 19.8. The van der Waals surface area contributed by atoms with Gasteiger partial charge in [-0.3, -0.25) is 14.4 Å². The highest BCUT2D eigenvalue weighted by Crippen LogP contribution is 2.23. The van der Waals surface area contributed by atoms with Crippen LogP contribution in [0.2, 0.25) is 5.02 Å². The lowest BCUT2D eigenvalue weighted by molar-refractivity contribution is -0.140. The second-order valence-electron chi connectivity index (χ2n) is 6.01. The van der Waals surface area contributed by atoms with Gasteiger partial charge in [-0.25, -0.2) is 0 Å². The maximum absolute atomic E-state index is 11.8. The lowest BCUT2D eigenvalue weighted by atomic mass is 9.99. The van der Waals surface area contributed by atoms with E-state index in [9.17, 15) is 14.4 Å². The number of carboxylic acids is 1. The fraction of sp³-hybridized carbons (Fsp3) is 0.200. The van der Waals surface area contributed by atoms with Gasteiger partial charge in [-0.2, -0.15) is 0 Å². The average molecular weight is 387 g/mol. The fourth-order valence-corrected chi connectivity index (χ4v) is 2.81. The van der Waals surface area contributed by atoms with Crippen molar-refractivity contribution in [2.75, 3.05) is 0 Å². The van der Waals surface area contributed by atoms with Crippen molar-refractivity contribution in [2.45, 2.75) is 25.3 Å². The number of carbonyl (C=O) groups excluding carboxylic acids is 2. The highest BCUT2D eigenvalue weighted by molar-refractivity contribution is 6.38. The number of hydrogen-bond donors (Lipinski definition) is 3. The first kappa shape index (κ1) is 20.3. The van der Waals surface area contributed by atoms with E-state index in [0.29, 0.717) is 5.02 Å². The topological polar surface area (TPSA) is 107 Å². The molecule has 0 saturated carbocycles. The molecule has 0 fully saturated rings. The van der Waals surface area contributed by atoms with Gasteiger partial charge < -0.3 is 15.8 Å². The molecule has 2 aromatic rings. The number of rotatable bonds is 9. The molecule has 0 heterocycles. The van der Waals surface area contributed by atoms with E-state index in [1.54, 1.807) is 6.07 Å². The second kappa shape index (κ2) is 9.64. The van der Waals surface area contributed by atoms with Crippen LogP contribution in [0.25, 0.3) is 11.1 Å². The molecule has 140 valence electrons. The molecule has 1 atom stereocenters. The van der Waals surface area contributed by atoms with Crippen molar-refractivity contribution in [1.29, 1.82) is 5.41 Å². The van der Waals surface area contributed by atoms with Gasteiger partial charge in [-0.1, -0.05) is 48.0 Å². The summed E-state index contributed by atoms with van der Waals surface area (Å²) in [6.45, 7) is 0. The third kappa shape index (κ3) is 6.34. The number of carboxylic acid groups (broad SMARTS) is 1. The monoisotopic (exact) mass is 386 g/mol. The summed E-state index contributed by atoms with van der Waals surface area (Å²) >= 11 is 6.00. The number of carbonyl (C=O) groups is 3. The SMILES string of the molecule is N=CCC(=O)C(=O)N[C@@H](CC(=O)O)Cc1ccc(-c2cccc(Cl)c2)cc1. The minimum atomic E-state index is -1.07. The van der Waals surface area contributed by atoms with Crippen LogP contribution in [0, 0.1) is 5.41 Å². The number of aliphatic carboxylic acids is 1. The summed E-state index contributed by atoms with van der Waals surface area (Å²) in [7, 11) is 0. The number of hydrogen-bond acceptors (Lipinski definition) is 4. The van der Waals surface area contributed by atoms with Crippen LogP contribution < -0.4 is 5.32 Å². The Morgan fingerprint density at radius 2 is 1.81 bits per heavy atom. The zero-order valence-electron chi connectivity index (χ0n) is 14.4. The van der Waals surface area contributed by atoms with Gasteiger partial charge in [-0.05, 0) is 35.2 Å². The van der Waals surface area contributed by atoms with E-state index in [1.165, 1.54) is 0 Å².